The summed E-state index contributed by atoms with van der Waals surface area (Å²) < 4.78 is 2.02. The molecule has 0 bridgehead atoms. The number of halogens is 2. The van der Waals surface area contributed by atoms with Crippen LogP contribution in [0.2, 0.25) is 4.34 Å². The second kappa shape index (κ2) is 6.34. The molecule has 2 heterocycles. The first-order valence-corrected chi connectivity index (χ1v) is 8.27. The van der Waals surface area contributed by atoms with E-state index in [4.69, 9.17) is 11.6 Å². The molecular weight excluding hydrogens is 338 g/mol. The van der Waals surface area contributed by atoms with Gasteiger partial charge in [0.25, 0.3) is 0 Å². The van der Waals surface area contributed by atoms with Gasteiger partial charge in [0, 0.05) is 32.1 Å². The number of hydrogen-bond donors (Lipinski definition) is 1. The minimum absolute atomic E-state index is 0.364. The average Bonchev–Trinajstić information content (AvgIpc) is 2.87. The molecule has 0 fully saturated rings. The summed E-state index contributed by atoms with van der Waals surface area (Å²) in [6.45, 7) is 3.10. The van der Waals surface area contributed by atoms with Crippen LogP contribution in [-0.2, 0) is 6.42 Å². The number of rotatable bonds is 5. The van der Waals surface area contributed by atoms with Gasteiger partial charge in [0.2, 0.25) is 0 Å². The zero-order valence-corrected chi connectivity index (χ0v) is 13.3. The van der Waals surface area contributed by atoms with E-state index in [2.05, 4.69) is 45.7 Å². The predicted octanol–water partition coefficient (Wildman–Crippen LogP) is 5.12. The molecule has 92 valence electrons. The fourth-order valence-corrected chi connectivity index (χ4v) is 4.33. The molecule has 0 spiro atoms. The molecule has 1 unspecified atom stereocenters. The Bertz CT molecular complexity index is 480. The first-order chi connectivity index (χ1) is 8.19. The van der Waals surface area contributed by atoms with Gasteiger partial charge in [-0.15, -0.1) is 22.7 Å². The molecular formula is C12H13BrClNS2. The molecule has 2 rings (SSSR count). The summed E-state index contributed by atoms with van der Waals surface area (Å²) in [6, 6.07) is 6.63. The van der Waals surface area contributed by atoms with E-state index in [0.717, 1.165) is 21.8 Å². The van der Waals surface area contributed by atoms with Gasteiger partial charge in [0.05, 0.1) is 4.34 Å². The smallest absolute Gasteiger partial charge is 0.0931 e. The molecule has 2 aromatic rings. The van der Waals surface area contributed by atoms with Crippen molar-refractivity contribution < 1.29 is 0 Å². The van der Waals surface area contributed by atoms with Crippen molar-refractivity contribution in [2.24, 2.45) is 0 Å². The van der Waals surface area contributed by atoms with Crippen LogP contribution in [0.15, 0.2) is 28.1 Å². The minimum Gasteiger partial charge on any atom is -0.309 e. The van der Waals surface area contributed by atoms with Crippen molar-refractivity contribution in [2.75, 3.05) is 6.54 Å². The van der Waals surface area contributed by atoms with Crippen LogP contribution in [0.1, 0.15) is 22.7 Å². The van der Waals surface area contributed by atoms with Crippen molar-refractivity contribution in [3.05, 3.63) is 42.1 Å². The standard InChI is InChI=1S/C12H13BrClNS2/c1-2-15-10(11-3-4-12(14)17-11)6-9-5-8(13)7-16-9/h3-5,7,10,15H,2,6H2,1H3. The normalized spacial score (nSPS) is 12.9. The molecule has 0 saturated carbocycles. The predicted molar refractivity (Wildman–Crippen MR) is 81.5 cm³/mol. The molecule has 17 heavy (non-hydrogen) atoms. The van der Waals surface area contributed by atoms with Crippen molar-refractivity contribution in [3.63, 3.8) is 0 Å². The lowest BCUT2D eigenvalue weighted by Gasteiger charge is -2.15. The van der Waals surface area contributed by atoms with E-state index in [-0.39, 0.29) is 0 Å². The van der Waals surface area contributed by atoms with Crippen molar-refractivity contribution in [2.45, 2.75) is 19.4 Å². The zero-order chi connectivity index (χ0) is 12.3. The highest BCUT2D eigenvalue weighted by Crippen LogP contribution is 2.31. The van der Waals surface area contributed by atoms with Gasteiger partial charge in [-0.1, -0.05) is 18.5 Å². The lowest BCUT2D eigenvalue weighted by Crippen LogP contribution is -2.21. The van der Waals surface area contributed by atoms with Crippen molar-refractivity contribution >= 4 is 50.2 Å². The number of likely N-dealkylation sites (N-methyl/N-ethyl adjacent to an activating group) is 1. The quantitative estimate of drug-likeness (QED) is 0.789. The first kappa shape index (κ1) is 13.6. The van der Waals surface area contributed by atoms with Crippen molar-refractivity contribution in [1.82, 2.24) is 5.32 Å². The highest BCUT2D eigenvalue weighted by Gasteiger charge is 2.14. The minimum atomic E-state index is 0.364. The van der Waals surface area contributed by atoms with E-state index in [0.29, 0.717) is 6.04 Å². The van der Waals surface area contributed by atoms with Gasteiger partial charge >= 0.3 is 0 Å². The van der Waals surface area contributed by atoms with Gasteiger partial charge in [0.15, 0.2) is 0 Å². The fraction of sp³-hybridized carbons (Fsp3) is 0.333. The molecule has 2 aromatic heterocycles. The maximum absolute atomic E-state index is 6.00. The zero-order valence-electron chi connectivity index (χ0n) is 9.37. The Kier molecular flexibility index (Phi) is 5.06. The largest absolute Gasteiger partial charge is 0.309 e. The van der Waals surface area contributed by atoms with E-state index in [1.54, 1.807) is 22.7 Å². The van der Waals surface area contributed by atoms with E-state index in [1.165, 1.54) is 9.75 Å². The van der Waals surface area contributed by atoms with Gasteiger partial charge < -0.3 is 5.32 Å². The van der Waals surface area contributed by atoms with E-state index in [1.807, 2.05) is 6.07 Å². The number of hydrogen-bond acceptors (Lipinski definition) is 3. The van der Waals surface area contributed by atoms with Gasteiger partial charge in [-0.25, -0.2) is 0 Å². The maximum Gasteiger partial charge on any atom is 0.0931 e. The molecule has 0 amide bonds. The molecule has 1 atom stereocenters. The summed E-state index contributed by atoms with van der Waals surface area (Å²) in [5.41, 5.74) is 0. The van der Waals surface area contributed by atoms with E-state index in [9.17, 15) is 0 Å². The molecule has 0 aliphatic carbocycles. The molecule has 1 nitrogen and oxygen atoms in total. The van der Waals surface area contributed by atoms with Gasteiger partial charge in [0.1, 0.15) is 0 Å². The summed E-state index contributed by atoms with van der Waals surface area (Å²) in [5, 5.41) is 5.64. The summed E-state index contributed by atoms with van der Waals surface area (Å²) in [4.78, 5) is 2.69. The summed E-state index contributed by atoms with van der Waals surface area (Å²) in [6.07, 6.45) is 1.01. The Labute approximate surface area is 123 Å². The van der Waals surface area contributed by atoms with Gasteiger partial charge in [-0.2, -0.15) is 0 Å². The second-order valence-electron chi connectivity index (χ2n) is 3.69. The van der Waals surface area contributed by atoms with E-state index < -0.39 is 0 Å². The molecule has 0 aliphatic heterocycles. The van der Waals surface area contributed by atoms with Gasteiger partial charge in [-0.3, -0.25) is 0 Å². The molecule has 1 N–H and O–H groups in total. The fourth-order valence-electron chi connectivity index (χ4n) is 1.70. The Morgan fingerprint density at radius 1 is 1.47 bits per heavy atom. The first-order valence-electron chi connectivity index (χ1n) is 5.40. The van der Waals surface area contributed by atoms with Crippen LogP contribution in [0, 0.1) is 0 Å². The topological polar surface area (TPSA) is 12.0 Å². The highest BCUT2D eigenvalue weighted by molar-refractivity contribution is 9.10. The number of thiophene rings is 2. The third-order valence-corrected chi connectivity index (χ3v) is 5.48. The lowest BCUT2D eigenvalue weighted by molar-refractivity contribution is 0.562. The lowest BCUT2D eigenvalue weighted by atomic mass is 10.1. The van der Waals surface area contributed by atoms with Crippen LogP contribution in [0.25, 0.3) is 0 Å². The van der Waals surface area contributed by atoms with Crippen LogP contribution in [0.5, 0.6) is 0 Å². The monoisotopic (exact) mass is 349 g/mol. The Balaban J connectivity index is 2.12. The Morgan fingerprint density at radius 2 is 2.29 bits per heavy atom. The number of nitrogens with one attached hydrogen (secondary N) is 1. The Morgan fingerprint density at radius 3 is 2.82 bits per heavy atom. The molecule has 0 saturated heterocycles. The highest BCUT2D eigenvalue weighted by atomic mass is 79.9. The van der Waals surface area contributed by atoms with Crippen LogP contribution in [-0.4, -0.2) is 6.54 Å². The Hall–Kier alpha value is 0.130. The summed E-state index contributed by atoms with van der Waals surface area (Å²) in [5.74, 6) is 0. The SMILES string of the molecule is CCNC(Cc1cc(Br)cs1)c1ccc(Cl)s1. The molecule has 5 heteroatoms. The van der Waals surface area contributed by atoms with Gasteiger partial charge in [-0.05, 0) is 40.7 Å². The van der Waals surface area contributed by atoms with Crippen molar-refractivity contribution in [3.8, 4) is 0 Å². The third-order valence-electron chi connectivity index (χ3n) is 2.42. The average molecular weight is 351 g/mol. The summed E-state index contributed by atoms with van der Waals surface area (Å²) in [7, 11) is 0. The maximum atomic E-state index is 6.00. The van der Waals surface area contributed by atoms with Crippen LogP contribution in [0.4, 0.5) is 0 Å². The second-order valence-corrected chi connectivity index (χ2v) is 7.35. The molecule has 0 aliphatic rings. The molecule has 0 radical (unpaired) electrons. The summed E-state index contributed by atoms with van der Waals surface area (Å²) >= 11 is 12.9. The van der Waals surface area contributed by atoms with Crippen LogP contribution in [0.3, 0.4) is 0 Å². The van der Waals surface area contributed by atoms with Crippen LogP contribution < -0.4 is 5.32 Å². The molecule has 0 aromatic carbocycles. The van der Waals surface area contributed by atoms with Crippen LogP contribution >= 0.6 is 50.2 Å². The van der Waals surface area contributed by atoms with Crippen molar-refractivity contribution in [1.29, 1.82) is 0 Å². The van der Waals surface area contributed by atoms with E-state index >= 15 is 0 Å². The third kappa shape index (κ3) is 3.80.